The minimum Gasteiger partial charge on any atom is -0.368 e. The third-order valence-electron chi connectivity index (χ3n) is 1.87. The highest BCUT2D eigenvalue weighted by atomic mass is 35.5. The number of hydrogen-bond donors (Lipinski definition) is 1. The number of aryl methyl sites for hydroxylation is 2. The van der Waals surface area contributed by atoms with E-state index in [0.717, 1.165) is 16.9 Å². The van der Waals surface area contributed by atoms with Crippen LogP contribution in [-0.4, -0.2) is 14.6 Å². The first-order valence-electron chi connectivity index (χ1n) is 3.87. The molecule has 0 fully saturated rings. The molecule has 0 aliphatic carbocycles. The third-order valence-corrected chi connectivity index (χ3v) is 2.34. The molecule has 0 aliphatic rings. The van der Waals surface area contributed by atoms with Gasteiger partial charge in [0.25, 0.3) is 0 Å². The second-order valence-corrected chi connectivity index (χ2v) is 3.33. The van der Waals surface area contributed by atoms with Gasteiger partial charge in [-0.05, 0) is 19.9 Å². The molecule has 68 valence electrons. The average Bonchev–Trinajstić information content (AvgIpc) is 2.32. The van der Waals surface area contributed by atoms with Crippen LogP contribution < -0.4 is 5.73 Å². The van der Waals surface area contributed by atoms with Gasteiger partial charge in [-0.3, -0.25) is 0 Å². The molecule has 0 atom stereocenters. The van der Waals surface area contributed by atoms with Crippen LogP contribution in [0.4, 0.5) is 5.95 Å². The Kier molecular flexibility index (Phi) is 1.66. The zero-order chi connectivity index (χ0) is 9.59. The largest absolute Gasteiger partial charge is 0.368 e. The molecule has 0 bridgehead atoms. The number of nitrogen functional groups attached to an aromatic ring is 1. The maximum absolute atomic E-state index is 6.02. The van der Waals surface area contributed by atoms with Crippen molar-refractivity contribution in [1.29, 1.82) is 0 Å². The summed E-state index contributed by atoms with van der Waals surface area (Å²) >= 11 is 6.02. The molecule has 0 spiro atoms. The Morgan fingerprint density at radius 1 is 1.46 bits per heavy atom. The maximum Gasteiger partial charge on any atom is 0.222 e. The van der Waals surface area contributed by atoms with Crippen LogP contribution in [0.5, 0.6) is 0 Å². The summed E-state index contributed by atoms with van der Waals surface area (Å²) in [7, 11) is 0. The lowest BCUT2D eigenvalue weighted by Gasteiger charge is -1.98. The van der Waals surface area contributed by atoms with Gasteiger partial charge >= 0.3 is 0 Å². The van der Waals surface area contributed by atoms with Gasteiger partial charge in [0.1, 0.15) is 0 Å². The van der Waals surface area contributed by atoms with Crippen LogP contribution >= 0.6 is 11.6 Å². The number of halogens is 1. The van der Waals surface area contributed by atoms with Crippen molar-refractivity contribution in [3.63, 3.8) is 0 Å². The van der Waals surface area contributed by atoms with Crippen LogP contribution in [0, 0.1) is 13.8 Å². The van der Waals surface area contributed by atoms with Crippen molar-refractivity contribution >= 4 is 23.1 Å². The highest BCUT2D eigenvalue weighted by Gasteiger charge is 2.09. The van der Waals surface area contributed by atoms with Gasteiger partial charge < -0.3 is 5.73 Å². The molecule has 13 heavy (non-hydrogen) atoms. The van der Waals surface area contributed by atoms with Crippen LogP contribution in [0.2, 0.25) is 5.02 Å². The Labute approximate surface area is 80.3 Å². The molecule has 0 aliphatic heterocycles. The number of hydrogen-bond acceptors (Lipinski definition) is 3. The predicted molar refractivity (Wildman–Crippen MR) is 51.9 cm³/mol. The average molecular weight is 197 g/mol. The number of nitrogens with two attached hydrogens (primary N) is 1. The number of nitrogens with zero attached hydrogens (tertiary/aromatic N) is 3. The quantitative estimate of drug-likeness (QED) is 0.696. The highest BCUT2D eigenvalue weighted by Crippen LogP contribution is 2.22. The monoisotopic (exact) mass is 196 g/mol. The number of rotatable bonds is 0. The van der Waals surface area contributed by atoms with E-state index in [1.54, 1.807) is 4.52 Å². The molecule has 2 rings (SSSR count). The van der Waals surface area contributed by atoms with Crippen molar-refractivity contribution in [3.05, 3.63) is 22.5 Å². The molecule has 2 heterocycles. The SMILES string of the molecule is Cc1cc2c(Cl)c(C)nn2c(N)n1. The Hall–Kier alpha value is -1.29. The maximum atomic E-state index is 6.02. The minimum atomic E-state index is 0.366. The lowest BCUT2D eigenvalue weighted by atomic mass is 10.3. The summed E-state index contributed by atoms with van der Waals surface area (Å²) in [6.45, 7) is 3.71. The van der Waals surface area contributed by atoms with E-state index in [1.165, 1.54) is 0 Å². The molecule has 0 saturated heterocycles. The van der Waals surface area contributed by atoms with E-state index in [4.69, 9.17) is 17.3 Å². The third kappa shape index (κ3) is 1.14. The van der Waals surface area contributed by atoms with Crippen LogP contribution in [0.15, 0.2) is 6.07 Å². The first-order valence-corrected chi connectivity index (χ1v) is 4.25. The summed E-state index contributed by atoms with van der Waals surface area (Å²) in [5, 5.41) is 4.79. The van der Waals surface area contributed by atoms with Crippen molar-refractivity contribution in [1.82, 2.24) is 14.6 Å². The topological polar surface area (TPSA) is 56.2 Å². The molecular weight excluding hydrogens is 188 g/mol. The minimum absolute atomic E-state index is 0.366. The van der Waals surface area contributed by atoms with E-state index in [2.05, 4.69) is 10.1 Å². The van der Waals surface area contributed by atoms with Gasteiger partial charge in [0.05, 0.1) is 16.2 Å². The molecule has 4 nitrogen and oxygen atoms in total. The zero-order valence-corrected chi connectivity index (χ0v) is 8.13. The molecule has 2 N–H and O–H groups in total. The second kappa shape index (κ2) is 2.60. The Morgan fingerprint density at radius 3 is 2.85 bits per heavy atom. The number of aromatic nitrogens is 3. The standard InChI is InChI=1S/C8H9ClN4/c1-4-3-6-7(9)5(2)12-13(6)8(10)11-4/h3H,1-2H3,(H2,10,11). The lowest BCUT2D eigenvalue weighted by molar-refractivity contribution is 0.908. The van der Waals surface area contributed by atoms with Crippen molar-refractivity contribution < 1.29 is 0 Å². The van der Waals surface area contributed by atoms with Gasteiger partial charge in [0.2, 0.25) is 5.95 Å². The van der Waals surface area contributed by atoms with E-state index in [-0.39, 0.29) is 0 Å². The van der Waals surface area contributed by atoms with Gasteiger partial charge in [0, 0.05) is 5.69 Å². The fourth-order valence-corrected chi connectivity index (χ4v) is 1.46. The number of fused-ring (bicyclic) bond motifs is 1. The van der Waals surface area contributed by atoms with Crippen molar-refractivity contribution in [2.24, 2.45) is 0 Å². The first kappa shape index (κ1) is 8.31. The van der Waals surface area contributed by atoms with Crippen LogP contribution in [0.1, 0.15) is 11.4 Å². The zero-order valence-electron chi connectivity index (χ0n) is 7.37. The molecule has 2 aromatic rings. The summed E-state index contributed by atoms with van der Waals surface area (Å²) in [5.41, 5.74) is 8.08. The van der Waals surface area contributed by atoms with Gasteiger partial charge in [-0.2, -0.15) is 9.61 Å². The summed E-state index contributed by atoms with van der Waals surface area (Å²) in [6, 6.07) is 1.86. The summed E-state index contributed by atoms with van der Waals surface area (Å²) in [6.07, 6.45) is 0. The van der Waals surface area contributed by atoms with E-state index < -0.39 is 0 Å². The van der Waals surface area contributed by atoms with Gasteiger partial charge in [-0.15, -0.1) is 0 Å². The molecule has 5 heteroatoms. The van der Waals surface area contributed by atoms with Crippen molar-refractivity contribution in [2.75, 3.05) is 5.73 Å². The van der Waals surface area contributed by atoms with E-state index >= 15 is 0 Å². The normalized spacial score (nSPS) is 11.0. The highest BCUT2D eigenvalue weighted by molar-refractivity contribution is 6.34. The summed E-state index contributed by atoms with van der Waals surface area (Å²) in [4.78, 5) is 4.08. The molecule has 0 unspecified atom stereocenters. The molecule has 0 amide bonds. The Bertz CT molecular complexity index is 474. The van der Waals surface area contributed by atoms with E-state index in [0.29, 0.717) is 11.0 Å². The fraction of sp³-hybridized carbons (Fsp3) is 0.250. The van der Waals surface area contributed by atoms with E-state index in [1.807, 2.05) is 19.9 Å². The molecule has 0 radical (unpaired) electrons. The Morgan fingerprint density at radius 2 is 2.15 bits per heavy atom. The molecule has 2 aromatic heterocycles. The van der Waals surface area contributed by atoms with Crippen LogP contribution in [0.3, 0.4) is 0 Å². The van der Waals surface area contributed by atoms with Crippen molar-refractivity contribution in [2.45, 2.75) is 13.8 Å². The molecular formula is C8H9ClN4. The van der Waals surface area contributed by atoms with Gasteiger partial charge in [-0.25, -0.2) is 4.98 Å². The first-order chi connectivity index (χ1) is 6.09. The van der Waals surface area contributed by atoms with Crippen LogP contribution in [0.25, 0.3) is 5.52 Å². The molecule has 0 saturated carbocycles. The summed E-state index contributed by atoms with van der Waals surface area (Å²) < 4.78 is 1.55. The number of anilines is 1. The second-order valence-electron chi connectivity index (χ2n) is 2.95. The van der Waals surface area contributed by atoms with Gasteiger partial charge in [0.15, 0.2) is 0 Å². The fourth-order valence-electron chi connectivity index (χ4n) is 1.28. The van der Waals surface area contributed by atoms with Gasteiger partial charge in [-0.1, -0.05) is 11.6 Å². The van der Waals surface area contributed by atoms with E-state index in [9.17, 15) is 0 Å². The summed E-state index contributed by atoms with van der Waals surface area (Å²) in [5.74, 6) is 0.366. The lowest BCUT2D eigenvalue weighted by Crippen LogP contribution is -2.02. The Balaban J connectivity index is 2.94. The molecule has 0 aromatic carbocycles. The van der Waals surface area contributed by atoms with Crippen LogP contribution in [-0.2, 0) is 0 Å². The smallest absolute Gasteiger partial charge is 0.222 e. The predicted octanol–water partition coefficient (Wildman–Crippen LogP) is 1.58. The van der Waals surface area contributed by atoms with Crippen molar-refractivity contribution in [3.8, 4) is 0 Å².